The first-order valence-corrected chi connectivity index (χ1v) is 6.35. The van der Waals surface area contributed by atoms with Crippen LogP contribution in [0.4, 0.5) is 4.39 Å². The zero-order chi connectivity index (χ0) is 14.5. The molecule has 2 rings (SSSR count). The van der Waals surface area contributed by atoms with E-state index in [9.17, 15) is 4.39 Å². The first-order valence-electron chi connectivity index (χ1n) is 6.35. The Morgan fingerprint density at radius 3 is 2.35 bits per heavy atom. The molecule has 0 aliphatic heterocycles. The van der Waals surface area contributed by atoms with E-state index in [-0.39, 0.29) is 5.82 Å². The van der Waals surface area contributed by atoms with Crippen LogP contribution in [0.2, 0.25) is 0 Å². The molecule has 0 aliphatic rings. The number of benzene rings is 2. The van der Waals surface area contributed by atoms with Crippen molar-refractivity contribution >= 4 is 0 Å². The van der Waals surface area contributed by atoms with Gasteiger partial charge < -0.3 is 14.8 Å². The smallest absolute Gasteiger partial charge is 0.126 e. The number of nitrogens with one attached hydrogen (secondary N) is 1. The van der Waals surface area contributed by atoms with Crippen LogP contribution in [-0.4, -0.2) is 21.3 Å². The minimum atomic E-state index is -0.285. The van der Waals surface area contributed by atoms with Gasteiger partial charge in [0.25, 0.3) is 0 Å². The van der Waals surface area contributed by atoms with Gasteiger partial charge in [0.1, 0.15) is 17.3 Å². The number of methoxy groups -OCH3 is 2. The summed E-state index contributed by atoms with van der Waals surface area (Å²) in [5.74, 6) is 1.16. The molecule has 0 amide bonds. The van der Waals surface area contributed by atoms with Crippen molar-refractivity contribution in [3.8, 4) is 22.6 Å². The van der Waals surface area contributed by atoms with E-state index >= 15 is 0 Å². The molecule has 2 aromatic carbocycles. The second-order valence-electron chi connectivity index (χ2n) is 4.40. The molecule has 0 aliphatic carbocycles. The lowest BCUT2D eigenvalue weighted by Gasteiger charge is -2.13. The average molecular weight is 275 g/mol. The van der Waals surface area contributed by atoms with Gasteiger partial charge in [0.2, 0.25) is 0 Å². The average Bonchev–Trinajstić information content (AvgIpc) is 2.47. The van der Waals surface area contributed by atoms with Crippen LogP contribution in [0.15, 0.2) is 36.4 Å². The highest BCUT2D eigenvalue weighted by Gasteiger charge is 2.10. The van der Waals surface area contributed by atoms with Crippen molar-refractivity contribution in [3.63, 3.8) is 0 Å². The second-order valence-corrected chi connectivity index (χ2v) is 4.40. The molecule has 0 radical (unpaired) electrons. The summed E-state index contributed by atoms with van der Waals surface area (Å²) in [5.41, 5.74) is 2.64. The van der Waals surface area contributed by atoms with Gasteiger partial charge >= 0.3 is 0 Å². The highest BCUT2D eigenvalue weighted by atomic mass is 19.1. The minimum Gasteiger partial charge on any atom is -0.496 e. The Hall–Kier alpha value is -2.07. The first kappa shape index (κ1) is 14.3. The Labute approximate surface area is 118 Å². The third kappa shape index (κ3) is 2.91. The van der Waals surface area contributed by atoms with Gasteiger partial charge in [-0.1, -0.05) is 6.07 Å². The molecule has 0 spiro atoms. The van der Waals surface area contributed by atoms with Crippen LogP contribution in [-0.2, 0) is 6.54 Å². The number of rotatable bonds is 5. The fraction of sp³-hybridized carbons (Fsp3) is 0.250. The second kappa shape index (κ2) is 6.39. The fourth-order valence-electron chi connectivity index (χ4n) is 2.18. The van der Waals surface area contributed by atoms with Gasteiger partial charge in [0, 0.05) is 17.7 Å². The van der Waals surface area contributed by atoms with E-state index in [2.05, 4.69) is 5.32 Å². The molecule has 1 N–H and O–H groups in total. The lowest BCUT2D eigenvalue weighted by atomic mass is 10.0. The molecule has 0 aromatic heterocycles. The largest absolute Gasteiger partial charge is 0.496 e. The molecular weight excluding hydrogens is 257 g/mol. The van der Waals surface area contributed by atoms with Crippen LogP contribution in [0.5, 0.6) is 11.5 Å². The van der Waals surface area contributed by atoms with Crippen molar-refractivity contribution in [3.05, 3.63) is 47.8 Å². The Morgan fingerprint density at radius 1 is 1.00 bits per heavy atom. The molecule has 2 aromatic rings. The van der Waals surface area contributed by atoms with Crippen LogP contribution in [0.3, 0.4) is 0 Å². The molecule has 3 nitrogen and oxygen atoms in total. The third-order valence-electron chi connectivity index (χ3n) is 3.12. The quantitative estimate of drug-likeness (QED) is 0.908. The molecule has 0 saturated carbocycles. The lowest BCUT2D eigenvalue weighted by molar-refractivity contribution is 0.408. The maximum absolute atomic E-state index is 13.5. The van der Waals surface area contributed by atoms with Crippen molar-refractivity contribution in [1.82, 2.24) is 5.32 Å². The van der Waals surface area contributed by atoms with Crippen molar-refractivity contribution in [2.45, 2.75) is 6.54 Å². The van der Waals surface area contributed by atoms with Crippen LogP contribution >= 0.6 is 0 Å². The van der Waals surface area contributed by atoms with Crippen molar-refractivity contribution < 1.29 is 13.9 Å². The molecule has 0 saturated heterocycles. The van der Waals surface area contributed by atoms with Gasteiger partial charge in [-0.25, -0.2) is 4.39 Å². The van der Waals surface area contributed by atoms with Crippen molar-refractivity contribution in [2.75, 3.05) is 21.3 Å². The van der Waals surface area contributed by atoms with Crippen LogP contribution in [0.25, 0.3) is 11.1 Å². The molecule has 0 atom stereocenters. The number of ether oxygens (including phenoxy) is 2. The van der Waals surface area contributed by atoms with Crippen molar-refractivity contribution in [2.24, 2.45) is 0 Å². The number of halogens is 1. The van der Waals surface area contributed by atoms with Crippen LogP contribution < -0.4 is 14.8 Å². The van der Waals surface area contributed by atoms with E-state index in [4.69, 9.17) is 9.47 Å². The zero-order valence-electron chi connectivity index (χ0n) is 11.9. The van der Waals surface area contributed by atoms with Gasteiger partial charge in [-0.2, -0.15) is 0 Å². The molecule has 0 heterocycles. The molecule has 20 heavy (non-hydrogen) atoms. The highest BCUT2D eigenvalue weighted by molar-refractivity contribution is 5.72. The topological polar surface area (TPSA) is 30.5 Å². The van der Waals surface area contributed by atoms with Gasteiger partial charge in [-0.3, -0.25) is 0 Å². The molecule has 106 valence electrons. The number of hydrogen-bond acceptors (Lipinski definition) is 3. The fourth-order valence-corrected chi connectivity index (χ4v) is 2.18. The minimum absolute atomic E-state index is 0.285. The van der Waals surface area contributed by atoms with Gasteiger partial charge in [0.15, 0.2) is 0 Å². The Balaban J connectivity index is 2.52. The monoisotopic (exact) mass is 275 g/mol. The van der Waals surface area contributed by atoms with E-state index in [0.29, 0.717) is 12.3 Å². The summed E-state index contributed by atoms with van der Waals surface area (Å²) in [5, 5.41) is 3.09. The molecule has 0 unspecified atom stereocenters. The predicted molar refractivity (Wildman–Crippen MR) is 77.7 cm³/mol. The molecule has 0 bridgehead atoms. The zero-order valence-corrected chi connectivity index (χ0v) is 11.9. The first-order chi connectivity index (χ1) is 9.69. The standard InChI is InChI=1S/C16H18FNO2/c1-18-10-12-8-11(4-6-15(12)19-2)14-9-13(17)5-7-16(14)20-3/h4-9,18H,10H2,1-3H3. The Kier molecular flexibility index (Phi) is 4.58. The summed E-state index contributed by atoms with van der Waals surface area (Å²) in [7, 11) is 5.08. The molecular formula is C16H18FNO2. The highest BCUT2D eigenvalue weighted by Crippen LogP contribution is 2.33. The summed E-state index contributed by atoms with van der Waals surface area (Å²) >= 11 is 0. The Morgan fingerprint density at radius 2 is 1.70 bits per heavy atom. The summed E-state index contributed by atoms with van der Waals surface area (Å²) in [4.78, 5) is 0. The SMILES string of the molecule is CNCc1cc(-c2cc(F)ccc2OC)ccc1OC. The van der Waals surface area contributed by atoms with Crippen LogP contribution in [0, 0.1) is 5.82 Å². The maximum atomic E-state index is 13.5. The van der Waals surface area contributed by atoms with Gasteiger partial charge in [-0.05, 0) is 42.9 Å². The van der Waals surface area contributed by atoms with E-state index in [0.717, 1.165) is 22.4 Å². The van der Waals surface area contributed by atoms with E-state index in [1.165, 1.54) is 12.1 Å². The van der Waals surface area contributed by atoms with Crippen molar-refractivity contribution in [1.29, 1.82) is 0 Å². The normalized spacial score (nSPS) is 10.4. The summed E-state index contributed by atoms with van der Waals surface area (Å²) in [6.45, 7) is 0.675. The lowest BCUT2D eigenvalue weighted by Crippen LogP contribution is -2.06. The Bertz CT molecular complexity index is 599. The van der Waals surface area contributed by atoms with Gasteiger partial charge in [-0.15, -0.1) is 0 Å². The molecule has 4 heteroatoms. The summed E-state index contributed by atoms with van der Waals surface area (Å²) in [6, 6.07) is 10.3. The maximum Gasteiger partial charge on any atom is 0.126 e. The van der Waals surface area contributed by atoms with E-state index in [1.54, 1.807) is 20.3 Å². The van der Waals surface area contributed by atoms with E-state index in [1.807, 2.05) is 25.2 Å². The van der Waals surface area contributed by atoms with E-state index < -0.39 is 0 Å². The van der Waals surface area contributed by atoms with Crippen LogP contribution in [0.1, 0.15) is 5.56 Å². The molecule has 0 fully saturated rings. The van der Waals surface area contributed by atoms with Gasteiger partial charge in [0.05, 0.1) is 14.2 Å². The summed E-state index contributed by atoms with van der Waals surface area (Å²) in [6.07, 6.45) is 0. The summed E-state index contributed by atoms with van der Waals surface area (Å²) < 4.78 is 24.1. The third-order valence-corrected chi connectivity index (χ3v) is 3.12. The number of hydrogen-bond donors (Lipinski definition) is 1. The predicted octanol–water partition coefficient (Wildman–Crippen LogP) is 3.23.